The average Bonchev–Trinajstić information content (AvgIpc) is 3.37. The van der Waals surface area contributed by atoms with Crippen LogP contribution in [-0.2, 0) is 5.60 Å². The van der Waals surface area contributed by atoms with Crippen LogP contribution in [0.2, 0.25) is 0 Å². The second-order valence-electron chi connectivity index (χ2n) is 9.10. The first-order valence-corrected chi connectivity index (χ1v) is 12.8. The van der Waals surface area contributed by atoms with Crippen LogP contribution in [0.3, 0.4) is 0 Å². The number of amides is 1. The van der Waals surface area contributed by atoms with Crippen molar-refractivity contribution < 1.29 is 9.90 Å². The zero-order valence-electron chi connectivity index (χ0n) is 19.7. The van der Waals surface area contributed by atoms with Crippen molar-refractivity contribution in [3.05, 3.63) is 113 Å². The SMILES string of the molecule is Cc1cccc(Nc2nc(C(=O)N3CCC(C(O)(c4ccccc4)c4ccccc4)CC3)cs2)c1. The van der Waals surface area contributed by atoms with Crippen LogP contribution in [0.4, 0.5) is 10.8 Å². The molecule has 1 fully saturated rings. The number of nitrogens with one attached hydrogen (secondary N) is 1. The summed E-state index contributed by atoms with van der Waals surface area (Å²) in [5.41, 5.74) is 3.27. The van der Waals surface area contributed by atoms with Crippen molar-refractivity contribution in [3.63, 3.8) is 0 Å². The van der Waals surface area contributed by atoms with Gasteiger partial charge in [0.05, 0.1) is 0 Å². The fraction of sp³-hybridized carbons (Fsp3) is 0.241. The molecule has 0 saturated carbocycles. The molecule has 6 heteroatoms. The van der Waals surface area contributed by atoms with Crippen LogP contribution in [0.1, 0.15) is 40.0 Å². The van der Waals surface area contributed by atoms with Gasteiger partial charge in [0.1, 0.15) is 11.3 Å². The summed E-state index contributed by atoms with van der Waals surface area (Å²) in [6.07, 6.45) is 1.43. The van der Waals surface area contributed by atoms with Crippen molar-refractivity contribution in [1.82, 2.24) is 9.88 Å². The monoisotopic (exact) mass is 483 g/mol. The first-order valence-electron chi connectivity index (χ1n) is 12.0. The van der Waals surface area contributed by atoms with Gasteiger partial charge in [-0.15, -0.1) is 11.3 Å². The molecule has 2 heterocycles. The lowest BCUT2D eigenvalue weighted by molar-refractivity contribution is -0.0123. The van der Waals surface area contributed by atoms with E-state index < -0.39 is 5.60 Å². The Balaban J connectivity index is 1.29. The molecular formula is C29H29N3O2S. The smallest absolute Gasteiger partial charge is 0.273 e. The largest absolute Gasteiger partial charge is 0.380 e. The lowest BCUT2D eigenvalue weighted by Crippen LogP contribution is -2.46. The second kappa shape index (κ2) is 10.0. The molecule has 1 aliphatic rings. The van der Waals surface area contributed by atoms with E-state index in [1.165, 1.54) is 11.3 Å². The van der Waals surface area contributed by atoms with Crippen molar-refractivity contribution in [1.29, 1.82) is 0 Å². The van der Waals surface area contributed by atoms with E-state index in [0.29, 0.717) is 36.8 Å². The van der Waals surface area contributed by atoms with E-state index in [0.717, 1.165) is 22.4 Å². The third kappa shape index (κ3) is 4.85. The molecule has 1 saturated heterocycles. The molecule has 1 aromatic heterocycles. The summed E-state index contributed by atoms with van der Waals surface area (Å²) in [4.78, 5) is 19.6. The Hall–Kier alpha value is -3.48. The topological polar surface area (TPSA) is 65.5 Å². The van der Waals surface area contributed by atoms with Crippen LogP contribution in [0, 0.1) is 12.8 Å². The van der Waals surface area contributed by atoms with Gasteiger partial charge in [0.15, 0.2) is 5.13 Å². The number of anilines is 2. The van der Waals surface area contributed by atoms with Crippen LogP contribution >= 0.6 is 11.3 Å². The van der Waals surface area contributed by atoms with E-state index in [9.17, 15) is 9.90 Å². The molecule has 1 amide bonds. The van der Waals surface area contributed by atoms with Gasteiger partial charge in [-0.1, -0.05) is 72.8 Å². The fourth-order valence-corrected chi connectivity index (χ4v) is 5.67. The van der Waals surface area contributed by atoms with Crippen LogP contribution in [0.15, 0.2) is 90.3 Å². The van der Waals surface area contributed by atoms with Gasteiger partial charge in [-0.05, 0) is 54.5 Å². The van der Waals surface area contributed by atoms with Gasteiger partial charge in [-0.2, -0.15) is 0 Å². The maximum absolute atomic E-state index is 13.2. The molecule has 4 aromatic rings. The van der Waals surface area contributed by atoms with Crippen LogP contribution in [0.5, 0.6) is 0 Å². The highest BCUT2D eigenvalue weighted by molar-refractivity contribution is 7.14. The highest BCUT2D eigenvalue weighted by Crippen LogP contribution is 2.42. The summed E-state index contributed by atoms with van der Waals surface area (Å²) in [6.45, 7) is 3.22. The number of rotatable bonds is 6. The molecule has 1 aliphatic heterocycles. The molecule has 0 unspecified atom stereocenters. The maximum Gasteiger partial charge on any atom is 0.273 e. The summed E-state index contributed by atoms with van der Waals surface area (Å²) in [6, 6.07) is 27.8. The third-order valence-electron chi connectivity index (χ3n) is 6.79. The number of piperidine rings is 1. The zero-order chi connectivity index (χ0) is 24.3. The van der Waals surface area contributed by atoms with Gasteiger partial charge in [0.2, 0.25) is 0 Å². The first-order chi connectivity index (χ1) is 17.0. The molecule has 3 aromatic carbocycles. The molecule has 2 N–H and O–H groups in total. The van der Waals surface area contributed by atoms with E-state index in [2.05, 4.69) is 10.3 Å². The van der Waals surface area contributed by atoms with Crippen LogP contribution in [0.25, 0.3) is 0 Å². The minimum absolute atomic E-state index is 0.00494. The Kier molecular flexibility index (Phi) is 6.66. The van der Waals surface area contributed by atoms with Crippen molar-refractivity contribution >= 4 is 28.1 Å². The summed E-state index contributed by atoms with van der Waals surface area (Å²) in [5.74, 6) is -0.0507. The van der Waals surface area contributed by atoms with E-state index >= 15 is 0 Å². The van der Waals surface area contributed by atoms with Crippen molar-refractivity contribution in [2.45, 2.75) is 25.4 Å². The second-order valence-corrected chi connectivity index (χ2v) is 9.96. The molecule has 0 aliphatic carbocycles. The summed E-state index contributed by atoms with van der Waals surface area (Å²) in [5, 5.41) is 17.9. The standard InChI is InChI=1S/C29H29N3O2S/c1-21-9-8-14-25(19-21)30-28-31-26(20-35-28)27(33)32-17-15-24(16-18-32)29(34,22-10-4-2-5-11-22)23-12-6-3-7-13-23/h2-14,19-20,24,34H,15-18H2,1H3,(H,30,31). The Labute approximate surface area is 210 Å². The predicted molar refractivity (Wildman–Crippen MR) is 141 cm³/mol. The molecular weight excluding hydrogens is 454 g/mol. The third-order valence-corrected chi connectivity index (χ3v) is 7.55. The number of benzene rings is 3. The molecule has 0 bridgehead atoms. The van der Waals surface area contributed by atoms with Gasteiger partial charge in [-0.3, -0.25) is 4.79 Å². The number of nitrogens with zero attached hydrogens (tertiary/aromatic N) is 2. The molecule has 178 valence electrons. The number of hydrogen-bond acceptors (Lipinski definition) is 5. The number of aromatic nitrogens is 1. The summed E-state index contributed by atoms with van der Waals surface area (Å²) >= 11 is 1.43. The molecule has 5 rings (SSSR count). The van der Waals surface area contributed by atoms with E-state index in [4.69, 9.17) is 0 Å². The van der Waals surface area contributed by atoms with Crippen molar-refractivity contribution in [2.75, 3.05) is 18.4 Å². The van der Waals surface area contributed by atoms with Crippen molar-refractivity contribution in [3.8, 4) is 0 Å². The van der Waals surface area contributed by atoms with E-state index in [-0.39, 0.29) is 11.8 Å². The van der Waals surface area contributed by atoms with E-state index in [1.54, 1.807) is 0 Å². The number of thiazole rings is 1. The zero-order valence-corrected chi connectivity index (χ0v) is 20.5. The van der Waals surface area contributed by atoms with Gasteiger partial charge >= 0.3 is 0 Å². The fourth-order valence-electron chi connectivity index (χ4n) is 4.96. The lowest BCUT2D eigenvalue weighted by Gasteiger charge is -2.42. The normalized spacial score (nSPS) is 14.6. The van der Waals surface area contributed by atoms with Crippen molar-refractivity contribution in [2.24, 2.45) is 5.92 Å². The quantitative estimate of drug-likeness (QED) is 0.354. The number of likely N-dealkylation sites (tertiary alicyclic amines) is 1. The van der Waals surface area contributed by atoms with Gasteiger partial charge in [0.25, 0.3) is 5.91 Å². The van der Waals surface area contributed by atoms with Crippen LogP contribution < -0.4 is 5.32 Å². The number of carbonyl (C=O) groups excluding carboxylic acids is 1. The lowest BCUT2D eigenvalue weighted by atomic mass is 9.72. The molecule has 0 radical (unpaired) electrons. The summed E-state index contributed by atoms with van der Waals surface area (Å²) in [7, 11) is 0. The summed E-state index contributed by atoms with van der Waals surface area (Å²) < 4.78 is 0. The number of carbonyl (C=O) groups is 1. The Bertz CT molecular complexity index is 1240. The first kappa shape index (κ1) is 23.3. The number of aryl methyl sites for hydroxylation is 1. The Morgan fingerprint density at radius 2 is 1.60 bits per heavy atom. The molecule has 0 spiro atoms. The number of hydrogen-bond donors (Lipinski definition) is 2. The number of aliphatic hydroxyl groups is 1. The maximum atomic E-state index is 13.2. The molecule has 0 atom stereocenters. The average molecular weight is 484 g/mol. The minimum Gasteiger partial charge on any atom is -0.380 e. The van der Waals surface area contributed by atoms with Gasteiger partial charge in [0, 0.05) is 24.2 Å². The highest BCUT2D eigenvalue weighted by atomic mass is 32.1. The minimum atomic E-state index is -1.09. The molecule has 35 heavy (non-hydrogen) atoms. The van der Waals surface area contributed by atoms with Gasteiger partial charge in [-0.25, -0.2) is 4.98 Å². The van der Waals surface area contributed by atoms with Crippen LogP contribution in [-0.4, -0.2) is 34.0 Å². The highest BCUT2D eigenvalue weighted by Gasteiger charge is 2.42. The Morgan fingerprint density at radius 1 is 0.971 bits per heavy atom. The Morgan fingerprint density at radius 3 is 2.20 bits per heavy atom. The molecule has 5 nitrogen and oxygen atoms in total. The predicted octanol–water partition coefficient (Wildman–Crippen LogP) is 5.98. The van der Waals surface area contributed by atoms with E-state index in [1.807, 2.05) is 102 Å². The van der Waals surface area contributed by atoms with Gasteiger partial charge < -0.3 is 15.3 Å².